The molecule has 9 heteroatoms. The average Bonchev–Trinajstić information content (AvgIpc) is 3.18. The molecule has 0 aliphatic carbocycles. The predicted octanol–water partition coefficient (Wildman–Crippen LogP) is 3.12. The Bertz CT molecular complexity index is 1150. The van der Waals surface area contributed by atoms with E-state index in [0.29, 0.717) is 18.0 Å². The molecule has 0 bridgehead atoms. The number of carbonyl (C=O) groups is 2. The second kappa shape index (κ2) is 9.00. The number of benzene rings is 2. The zero-order valence-electron chi connectivity index (χ0n) is 18.3. The monoisotopic (exact) mass is 477 g/mol. The van der Waals surface area contributed by atoms with Crippen LogP contribution < -0.4 is 0 Å². The van der Waals surface area contributed by atoms with E-state index in [1.807, 2.05) is 4.90 Å². The number of likely N-dealkylation sites (N-methyl/N-ethyl adjacent to an activating group) is 1. The fourth-order valence-electron chi connectivity index (χ4n) is 4.61. The van der Waals surface area contributed by atoms with E-state index in [2.05, 4.69) is 0 Å². The molecule has 2 aliphatic rings. The van der Waals surface area contributed by atoms with Crippen molar-refractivity contribution in [1.82, 2.24) is 14.1 Å². The third kappa shape index (κ3) is 4.23. The summed E-state index contributed by atoms with van der Waals surface area (Å²) in [5.41, 5.74) is 0. The molecule has 2 fully saturated rings. The van der Waals surface area contributed by atoms with Crippen molar-refractivity contribution in [2.45, 2.75) is 49.6 Å². The third-order valence-electron chi connectivity index (χ3n) is 6.59. The lowest BCUT2D eigenvalue weighted by atomic mass is 10.1. The summed E-state index contributed by atoms with van der Waals surface area (Å²) in [4.78, 5) is 29.5. The molecule has 2 aliphatic heterocycles. The lowest BCUT2D eigenvalue weighted by Gasteiger charge is -2.33. The number of piperidine rings is 1. The summed E-state index contributed by atoms with van der Waals surface area (Å²) in [7, 11) is -2.45. The Balaban J connectivity index is 1.51. The average molecular weight is 478 g/mol. The molecule has 0 spiro atoms. The molecule has 4 rings (SSSR count). The van der Waals surface area contributed by atoms with Crippen molar-refractivity contribution >= 4 is 44.2 Å². The van der Waals surface area contributed by atoms with Gasteiger partial charge in [0.2, 0.25) is 21.8 Å². The molecule has 2 amide bonds. The van der Waals surface area contributed by atoms with Crippen LogP contribution in [0.2, 0.25) is 5.02 Å². The first-order valence-electron chi connectivity index (χ1n) is 11.0. The van der Waals surface area contributed by atoms with Gasteiger partial charge in [0.25, 0.3) is 0 Å². The van der Waals surface area contributed by atoms with E-state index in [9.17, 15) is 18.0 Å². The molecule has 2 aromatic rings. The summed E-state index contributed by atoms with van der Waals surface area (Å²) in [6.45, 7) is 3.53. The van der Waals surface area contributed by atoms with Crippen LogP contribution in [-0.4, -0.2) is 73.1 Å². The minimum absolute atomic E-state index is 0.0580. The number of hydrogen-bond acceptors (Lipinski definition) is 4. The van der Waals surface area contributed by atoms with Gasteiger partial charge >= 0.3 is 0 Å². The van der Waals surface area contributed by atoms with Crippen molar-refractivity contribution in [2.75, 3.05) is 26.7 Å². The molecular formula is C23H28ClN3O4S. The number of nitrogens with zero attached hydrogens (tertiary/aromatic N) is 3. The highest BCUT2D eigenvalue weighted by atomic mass is 35.5. The van der Waals surface area contributed by atoms with Gasteiger partial charge in [-0.2, -0.15) is 4.31 Å². The van der Waals surface area contributed by atoms with E-state index >= 15 is 0 Å². The minimum atomic E-state index is -3.89. The molecule has 2 saturated heterocycles. The number of fused-ring (bicyclic) bond motifs is 1. The first-order valence-corrected chi connectivity index (χ1v) is 12.8. The molecule has 2 aromatic carbocycles. The summed E-state index contributed by atoms with van der Waals surface area (Å²) in [6.07, 6.45) is 3.44. The third-order valence-corrected chi connectivity index (χ3v) is 8.69. The molecule has 0 saturated carbocycles. The van der Waals surface area contributed by atoms with E-state index in [4.69, 9.17) is 11.6 Å². The van der Waals surface area contributed by atoms with Crippen LogP contribution in [0.5, 0.6) is 0 Å². The maximum absolute atomic E-state index is 13.3. The van der Waals surface area contributed by atoms with Crippen LogP contribution >= 0.6 is 11.6 Å². The predicted molar refractivity (Wildman–Crippen MR) is 124 cm³/mol. The first kappa shape index (κ1) is 23.0. The standard InChI is InChI=1S/C23H28ClN3O4S/c1-16(22(28)26-11-4-3-5-12-26)27-13-10-21(23(27)29)25(2)32(30,31)20-9-7-17-14-19(24)8-6-18(17)15-20/h6-9,14-16,21H,3-5,10-13H2,1-2H3/t16-,21+/m1/s1. The number of sulfonamides is 1. The Hall–Kier alpha value is -2.16. The van der Waals surface area contributed by atoms with Gasteiger partial charge in [-0.1, -0.05) is 23.7 Å². The highest BCUT2D eigenvalue weighted by molar-refractivity contribution is 7.89. The molecular weight excluding hydrogens is 450 g/mol. The SMILES string of the molecule is C[C@H](C(=O)N1CCCCC1)N1CC[C@H](N(C)S(=O)(=O)c2ccc3cc(Cl)ccc3c2)C1=O. The maximum atomic E-state index is 13.3. The summed E-state index contributed by atoms with van der Waals surface area (Å²) in [5, 5.41) is 2.17. The quantitative estimate of drug-likeness (QED) is 0.662. The van der Waals surface area contributed by atoms with Crippen LogP contribution in [-0.2, 0) is 19.6 Å². The Morgan fingerprint density at radius 2 is 1.72 bits per heavy atom. The minimum Gasteiger partial charge on any atom is -0.341 e. The summed E-state index contributed by atoms with van der Waals surface area (Å²) < 4.78 is 27.7. The number of hydrogen-bond donors (Lipinski definition) is 0. The van der Waals surface area contributed by atoms with Gasteiger partial charge < -0.3 is 9.80 Å². The molecule has 2 atom stereocenters. The van der Waals surface area contributed by atoms with Crippen molar-refractivity contribution in [3.63, 3.8) is 0 Å². The lowest BCUT2D eigenvalue weighted by molar-refractivity contribution is -0.144. The highest BCUT2D eigenvalue weighted by Crippen LogP contribution is 2.28. The van der Waals surface area contributed by atoms with E-state index in [1.54, 1.807) is 37.3 Å². The highest BCUT2D eigenvalue weighted by Gasteiger charge is 2.43. The van der Waals surface area contributed by atoms with Crippen molar-refractivity contribution in [2.24, 2.45) is 0 Å². The largest absolute Gasteiger partial charge is 0.341 e. The Labute approximate surface area is 194 Å². The number of amides is 2. The summed E-state index contributed by atoms with van der Waals surface area (Å²) in [6, 6.07) is 8.68. The molecule has 2 heterocycles. The van der Waals surface area contributed by atoms with Crippen molar-refractivity contribution < 1.29 is 18.0 Å². The van der Waals surface area contributed by atoms with Gasteiger partial charge in [0.05, 0.1) is 4.90 Å². The molecule has 32 heavy (non-hydrogen) atoms. The fourth-order valence-corrected chi connectivity index (χ4v) is 6.17. The van der Waals surface area contributed by atoms with Crippen LogP contribution in [0.15, 0.2) is 41.3 Å². The van der Waals surface area contributed by atoms with E-state index < -0.39 is 22.1 Å². The number of halogens is 1. The fraction of sp³-hybridized carbons (Fsp3) is 0.478. The molecule has 7 nitrogen and oxygen atoms in total. The van der Waals surface area contributed by atoms with Gasteiger partial charge in [0.15, 0.2) is 0 Å². The first-order chi connectivity index (χ1) is 15.2. The van der Waals surface area contributed by atoms with Crippen LogP contribution in [0, 0.1) is 0 Å². The maximum Gasteiger partial charge on any atom is 0.245 e. The Morgan fingerprint density at radius 1 is 1.06 bits per heavy atom. The van der Waals surface area contributed by atoms with Gasteiger partial charge in [-0.25, -0.2) is 8.42 Å². The van der Waals surface area contributed by atoms with Crippen LogP contribution in [0.4, 0.5) is 0 Å². The van der Waals surface area contributed by atoms with E-state index in [0.717, 1.165) is 47.4 Å². The molecule has 0 aromatic heterocycles. The van der Waals surface area contributed by atoms with Crippen LogP contribution in [0.1, 0.15) is 32.6 Å². The normalized spacial score (nSPS) is 20.9. The van der Waals surface area contributed by atoms with Crippen LogP contribution in [0.25, 0.3) is 10.8 Å². The van der Waals surface area contributed by atoms with Crippen molar-refractivity contribution in [1.29, 1.82) is 0 Å². The van der Waals surface area contributed by atoms with Gasteiger partial charge in [0, 0.05) is 31.7 Å². The second-order valence-electron chi connectivity index (χ2n) is 8.57. The Kier molecular flexibility index (Phi) is 6.47. The smallest absolute Gasteiger partial charge is 0.245 e. The number of likely N-dealkylation sites (tertiary alicyclic amines) is 2. The zero-order valence-corrected chi connectivity index (χ0v) is 19.9. The molecule has 0 unspecified atom stereocenters. The Morgan fingerprint density at radius 3 is 2.44 bits per heavy atom. The van der Waals surface area contributed by atoms with E-state index in [1.165, 1.54) is 18.0 Å². The van der Waals surface area contributed by atoms with Crippen molar-refractivity contribution in [3.05, 3.63) is 41.4 Å². The van der Waals surface area contributed by atoms with Crippen molar-refractivity contribution in [3.8, 4) is 0 Å². The number of rotatable bonds is 5. The second-order valence-corrected chi connectivity index (χ2v) is 11.0. The zero-order chi connectivity index (χ0) is 23.0. The topological polar surface area (TPSA) is 78.0 Å². The molecule has 0 radical (unpaired) electrons. The lowest BCUT2D eigenvalue weighted by Crippen LogP contribution is -2.51. The molecule has 0 N–H and O–H groups in total. The van der Waals surface area contributed by atoms with Gasteiger partial charge in [-0.05, 0) is 67.6 Å². The molecule has 172 valence electrons. The van der Waals surface area contributed by atoms with E-state index in [-0.39, 0.29) is 16.7 Å². The summed E-state index contributed by atoms with van der Waals surface area (Å²) in [5.74, 6) is -0.376. The summed E-state index contributed by atoms with van der Waals surface area (Å²) >= 11 is 6.02. The van der Waals surface area contributed by atoms with Crippen LogP contribution in [0.3, 0.4) is 0 Å². The number of carbonyl (C=O) groups excluding carboxylic acids is 2. The van der Waals surface area contributed by atoms with Gasteiger partial charge in [-0.3, -0.25) is 9.59 Å². The van der Waals surface area contributed by atoms with Gasteiger partial charge in [0.1, 0.15) is 12.1 Å². The van der Waals surface area contributed by atoms with Gasteiger partial charge in [-0.15, -0.1) is 0 Å².